The number of rotatable bonds is 19. The van der Waals surface area contributed by atoms with Gasteiger partial charge in [-0.05, 0) is 18.6 Å². The highest BCUT2D eigenvalue weighted by Gasteiger charge is 2.45. The van der Waals surface area contributed by atoms with Crippen molar-refractivity contribution in [3.05, 3.63) is 29.3 Å². The van der Waals surface area contributed by atoms with Crippen molar-refractivity contribution in [3.63, 3.8) is 0 Å². The average Bonchev–Trinajstić information content (AvgIpc) is 3.16. The van der Waals surface area contributed by atoms with Gasteiger partial charge in [-0.15, -0.1) is 0 Å². The van der Waals surface area contributed by atoms with Gasteiger partial charge in [-0.3, -0.25) is 29.4 Å². The van der Waals surface area contributed by atoms with Crippen LogP contribution in [-0.2, 0) is 38.1 Å². The molecule has 1 atom stereocenters. The fourth-order valence-corrected chi connectivity index (χ4v) is 3.93. The van der Waals surface area contributed by atoms with Crippen LogP contribution < -0.4 is 10.6 Å². The molecule has 0 aromatic heterocycles. The lowest BCUT2D eigenvalue weighted by Gasteiger charge is -2.27. The molecule has 1 aromatic carbocycles. The van der Waals surface area contributed by atoms with E-state index in [9.17, 15) is 24.0 Å². The zero-order valence-corrected chi connectivity index (χ0v) is 21.1. The average molecular weight is 536 g/mol. The summed E-state index contributed by atoms with van der Waals surface area (Å²) in [6.45, 7) is 4.05. The van der Waals surface area contributed by atoms with Crippen LogP contribution >= 0.6 is 0 Å². The Morgan fingerprint density at radius 1 is 0.842 bits per heavy atom. The predicted molar refractivity (Wildman–Crippen MR) is 132 cm³/mol. The quantitative estimate of drug-likeness (QED) is 0.137. The second-order valence-electron chi connectivity index (χ2n) is 8.29. The van der Waals surface area contributed by atoms with Gasteiger partial charge in [0.2, 0.25) is 11.8 Å². The number of nitrogens with one attached hydrogen (secondary N) is 2. The van der Waals surface area contributed by atoms with Gasteiger partial charge in [0.1, 0.15) is 18.9 Å². The molecule has 4 amide bonds. The van der Waals surface area contributed by atoms with Gasteiger partial charge in [0.25, 0.3) is 11.8 Å². The van der Waals surface area contributed by atoms with E-state index in [1.807, 2.05) is 0 Å². The van der Waals surface area contributed by atoms with Crippen LogP contribution in [0.5, 0.6) is 0 Å². The van der Waals surface area contributed by atoms with Gasteiger partial charge in [0.05, 0.1) is 70.6 Å². The summed E-state index contributed by atoms with van der Waals surface area (Å²) in [5.41, 5.74) is 0.906. The third kappa shape index (κ3) is 8.39. The molecule has 1 saturated heterocycles. The highest BCUT2D eigenvalue weighted by Crippen LogP contribution is 2.32. The van der Waals surface area contributed by atoms with Crippen LogP contribution in [0.2, 0.25) is 0 Å². The SMILES string of the molecule is O=CCOCCOCCOCCOCCOCCNc1cccc2c1C(=O)N(C1CCC(=O)NC1=O)C2=O. The second-order valence-corrected chi connectivity index (χ2v) is 8.29. The lowest BCUT2D eigenvalue weighted by Crippen LogP contribution is -2.54. The maximum absolute atomic E-state index is 13.1. The number of benzene rings is 1. The van der Waals surface area contributed by atoms with Crippen LogP contribution in [0, 0.1) is 0 Å². The zero-order chi connectivity index (χ0) is 27.2. The minimum absolute atomic E-state index is 0.0686. The van der Waals surface area contributed by atoms with E-state index in [4.69, 9.17) is 23.7 Å². The summed E-state index contributed by atoms with van der Waals surface area (Å²) in [5.74, 6) is -2.17. The lowest BCUT2D eigenvalue weighted by molar-refractivity contribution is -0.136. The molecule has 13 nitrogen and oxygen atoms in total. The van der Waals surface area contributed by atoms with Crippen molar-refractivity contribution in [2.75, 3.05) is 77.9 Å². The first-order chi connectivity index (χ1) is 18.5. The molecule has 2 aliphatic rings. The summed E-state index contributed by atoms with van der Waals surface area (Å²) in [5, 5.41) is 5.30. The minimum Gasteiger partial charge on any atom is -0.382 e. The molecule has 2 heterocycles. The van der Waals surface area contributed by atoms with Crippen molar-refractivity contribution in [1.29, 1.82) is 0 Å². The molecule has 0 aliphatic carbocycles. The Labute approximate surface area is 220 Å². The van der Waals surface area contributed by atoms with E-state index in [1.165, 1.54) is 0 Å². The van der Waals surface area contributed by atoms with E-state index >= 15 is 0 Å². The predicted octanol–water partition coefficient (Wildman–Crippen LogP) is -0.218. The van der Waals surface area contributed by atoms with Gasteiger partial charge in [-0.1, -0.05) is 6.07 Å². The van der Waals surface area contributed by atoms with Crippen molar-refractivity contribution < 1.29 is 47.7 Å². The summed E-state index contributed by atoms with van der Waals surface area (Å²) in [4.78, 5) is 60.6. The molecule has 2 N–H and O–H groups in total. The summed E-state index contributed by atoms with van der Waals surface area (Å²) in [7, 11) is 0. The third-order valence-corrected chi connectivity index (χ3v) is 5.70. The number of ether oxygens (including phenoxy) is 5. The van der Waals surface area contributed by atoms with E-state index in [2.05, 4.69) is 10.6 Å². The first-order valence-corrected chi connectivity index (χ1v) is 12.5. The standard InChI is InChI=1S/C25H33N3O10/c29-7-9-35-11-13-37-15-17-38-16-14-36-12-10-34-8-6-26-19-3-1-2-18-22(19)25(33)28(24(18)32)20-4-5-21(30)27-23(20)31/h1-3,7,20,26H,4-6,8-17H2,(H,27,30,31). The Hall–Kier alpha value is -3.23. The van der Waals surface area contributed by atoms with Crippen LogP contribution in [0.4, 0.5) is 5.69 Å². The van der Waals surface area contributed by atoms with Crippen molar-refractivity contribution >= 4 is 35.6 Å². The molecule has 208 valence electrons. The number of nitrogens with zero attached hydrogens (tertiary/aromatic N) is 1. The molecule has 1 unspecified atom stereocenters. The topological polar surface area (TPSA) is 159 Å². The Bertz CT molecular complexity index is 986. The molecule has 38 heavy (non-hydrogen) atoms. The normalized spacial score (nSPS) is 17.1. The van der Waals surface area contributed by atoms with Gasteiger partial charge >= 0.3 is 0 Å². The van der Waals surface area contributed by atoms with E-state index in [-0.39, 0.29) is 30.6 Å². The molecule has 2 aliphatic heterocycles. The summed E-state index contributed by atoms with van der Waals surface area (Å²) in [6, 6.07) is 3.89. The van der Waals surface area contributed by atoms with Crippen LogP contribution in [0.15, 0.2) is 18.2 Å². The number of piperidine rings is 1. The number of hydrogen-bond donors (Lipinski definition) is 2. The number of hydrogen-bond acceptors (Lipinski definition) is 11. The highest BCUT2D eigenvalue weighted by molar-refractivity contribution is 6.25. The van der Waals surface area contributed by atoms with Gasteiger partial charge in [-0.25, -0.2) is 0 Å². The molecule has 13 heteroatoms. The third-order valence-electron chi connectivity index (χ3n) is 5.70. The largest absolute Gasteiger partial charge is 0.382 e. The molecule has 0 spiro atoms. The van der Waals surface area contributed by atoms with Gasteiger partial charge < -0.3 is 33.8 Å². The molecule has 1 aromatic rings. The lowest BCUT2D eigenvalue weighted by atomic mass is 10.0. The summed E-state index contributed by atoms with van der Waals surface area (Å²) >= 11 is 0. The summed E-state index contributed by atoms with van der Waals surface area (Å²) < 4.78 is 26.6. The van der Waals surface area contributed by atoms with Crippen molar-refractivity contribution in [3.8, 4) is 0 Å². The molecule has 0 bridgehead atoms. The number of anilines is 1. The Morgan fingerprint density at radius 3 is 2.05 bits per heavy atom. The summed E-state index contributed by atoms with van der Waals surface area (Å²) in [6.07, 6.45) is 0.865. The van der Waals surface area contributed by atoms with Crippen molar-refractivity contribution in [2.24, 2.45) is 0 Å². The molecule has 0 radical (unpaired) electrons. The van der Waals surface area contributed by atoms with Gasteiger partial charge in [0, 0.05) is 18.7 Å². The smallest absolute Gasteiger partial charge is 0.264 e. The van der Waals surface area contributed by atoms with Crippen LogP contribution in [0.1, 0.15) is 33.6 Å². The number of aldehydes is 1. The molecular weight excluding hydrogens is 502 g/mol. The Kier molecular flexibility index (Phi) is 12.3. The van der Waals surface area contributed by atoms with E-state index < -0.39 is 29.7 Å². The number of amides is 4. The fourth-order valence-electron chi connectivity index (χ4n) is 3.93. The van der Waals surface area contributed by atoms with Crippen LogP contribution in [0.3, 0.4) is 0 Å². The molecule has 0 saturated carbocycles. The first-order valence-electron chi connectivity index (χ1n) is 12.5. The van der Waals surface area contributed by atoms with E-state index in [1.54, 1.807) is 18.2 Å². The first kappa shape index (κ1) is 29.3. The Morgan fingerprint density at radius 2 is 1.45 bits per heavy atom. The Balaban J connectivity index is 1.27. The second kappa shape index (κ2) is 15.9. The van der Waals surface area contributed by atoms with E-state index in [0.717, 1.165) is 4.90 Å². The fraction of sp³-hybridized carbons (Fsp3) is 0.560. The molecular formula is C25H33N3O10. The molecule has 1 fully saturated rings. The zero-order valence-electron chi connectivity index (χ0n) is 21.1. The number of imide groups is 2. The van der Waals surface area contributed by atoms with Crippen molar-refractivity contribution in [2.45, 2.75) is 18.9 Å². The van der Waals surface area contributed by atoms with Crippen LogP contribution in [-0.4, -0.2) is 113 Å². The monoisotopic (exact) mass is 535 g/mol. The minimum atomic E-state index is -1.00. The van der Waals surface area contributed by atoms with E-state index in [0.29, 0.717) is 78.0 Å². The maximum atomic E-state index is 13.1. The highest BCUT2D eigenvalue weighted by atomic mass is 16.6. The van der Waals surface area contributed by atoms with Crippen molar-refractivity contribution in [1.82, 2.24) is 10.2 Å². The van der Waals surface area contributed by atoms with Gasteiger partial charge in [-0.2, -0.15) is 0 Å². The number of fused-ring (bicyclic) bond motifs is 1. The maximum Gasteiger partial charge on any atom is 0.264 e. The molecule has 3 rings (SSSR count). The number of carbonyl (C=O) groups is 5. The van der Waals surface area contributed by atoms with Crippen LogP contribution in [0.25, 0.3) is 0 Å². The van der Waals surface area contributed by atoms with Gasteiger partial charge in [0.15, 0.2) is 0 Å². The number of carbonyl (C=O) groups excluding carboxylic acids is 5.